The lowest BCUT2D eigenvalue weighted by molar-refractivity contribution is -0.665. The highest BCUT2D eigenvalue weighted by Crippen LogP contribution is 2.30. The quantitative estimate of drug-likeness (QED) is 0.396. The molecule has 17 heteroatoms. The first-order chi connectivity index (χ1) is 26.5. The molecule has 330 valence electrons. The number of amides is 2. The average Bonchev–Trinajstić information content (AvgIpc) is 3.13. The molecule has 0 atom stereocenters. The van der Waals surface area contributed by atoms with Crippen molar-refractivity contribution < 1.29 is 77.7 Å². The second kappa shape index (κ2) is 22.9. The molecule has 2 aromatic carbocycles. The van der Waals surface area contributed by atoms with Gasteiger partial charge in [-0.3, -0.25) is 0 Å². The van der Waals surface area contributed by atoms with Gasteiger partial charge in [0.25, 0.3) is 0 Å². The standard InChI is InChI=1S/C18H24F3NO3.C13H16F3NO.C10H19NO3.ClH/c1-17(2,3)25-16(23)22-10-8-15(9-11-22)24-12-13-4-6-14(7-5-13)18(19,20)21;14-13(15,16)11-3-1-10(2-4-11)9-18-12-5-7-17-8-6-12;1-10(2,3)14-9(13)11-6-4-8(12)5-7-11;/h4-7,15H,8-12H2,1-3H3;1-4,12,17H,5-9H2;8,12H,4-7H2,1-3H3;1H. The molecular weight excluding hydrogens is 796 g/mol. The topological polar surface area (TPSA) is 114 Å². The van der Waals surface area contributed by atoms with E-state index in [-0.39, 0.29) is 49.5 Å². The monoisotopic (exact) mass is 855 g/mol. The van der Waals surface area contributed by atoms with Gasteiger partial charge in [0.1, 0.15) is 11.2 Å². The second-order valence-electron chi connectivity index (χ2n) is 16.4. The van der Waals surface area contributed by atoms with Crippen molar-refractivity contribution in [3.63, 3.8) is 0 Å². The van der Waals surface area contributed by atoms with Gasteiger partial charge in [-0.1, -0.05) is 24.3 Å². The van der Waals surface area contributed by atoms with E-state index in [1.165, 1.54) is 24.3 Å². The molecule has 10 nitrogen and oxygen atoms in total. The number of halogens is 7. The summed E-state index contributed by atoms with van der Waals surface area (Å²) < 4.78 is 96.7. The minimum absolute atomic E-state index is 0. The first-order valence-corrected chi connectivity index (χ1v) is 19.5. The Morgan fingerprint density at radius 1 is 0.603 bits per heavy atom. The molecule has 2 aromatic rings. The number of hydrogen-bond donors (Lipinski definition) is 2. The molecule has 0 aliphatic carbocycles. The molecule has 3 aliphatic rings. The fourth-order valence-electron chi connectivity index (χ4n) is 5.98. The SMILES string of the molecule is CC(C)(C)OC(=O)N1CCC(O)CC1.CC(C)(C)OC(=O)N1CCC(OCc2ccc(C(F)(F)F)cc2)CC1.FC(F)(F)c1ccc(COC2CC[NH2+]CC2)cc1.[Cl-]. The number of rotatable bonds is 6. The number of alkyl halides is 6. The van der Waals surface area contributed by atoms with Crippen molar-refractivity contribution in [2.45, 2.75) is 135 Å². The summed E-state index contributed by atoms with van der Waals surface area (Å²) >= 11 is 0. The molecule has 0 radical (unpaired) electrons. The predicted octanol–water partition coefficient (Wildman–Crippen LogP) is 4.95. The van der Waals surface area contributed by atoms with E-state index in [4.69, 9.17) is 18.9 Å². The number of likely N-dealkylation sites (tertiary alicyclic amines) is 2. The first kappa shape index (κ1) is 50.8. The summed E-state index contributed by atoms with van der Waals surface area (Å²) in [5.74, 6) is 0. The number of quaternary nitrogens is 1. The van der Waals surface area contributed by atoms with Gasteiger partial charge in [-0.15, -0.1) is 0 Å². The minimum Gasteiger partial charge on any atom is -1.00 e. The molecule has 2 amide bonds. The zero-order valence-corrected chi connectivity index (χ0v) is 35.0. The van der Waals surface area contributed by atoms with E-state index in [1.54, 1.807) is 9.80 Å². The van der Waals surface area contributed by atoms with Crippen LogP contribution in [0, 0.1) is 0 Å². The fraction of sp³-hybridized carbons (Fsp3) is 0.659. The van der Waals surface area contributed by atoms with E-state index in [2.05, 4.69) is 5.32 Å². The molecule has 5 rings (SSSR count). The van der Waals surface area contributed by atoms with Crippen LogP contribution in [-0.4, -0.2) is 95.9 Å². The van der Waals surface area contributed by atoms with Gasteiger partial charge in [-0.25, -0.2) is 9.59 Å². The molecule has 3 fully saturated rings. The Bertz CT molecular complexity index is 1500. The van der Waals surface area contributed by atoms with Crippen LogP contribution in [0.15, 0.2) is 48.5 Å². The van der Waals surface area contributed by atoms with Crippen molar-refractivity contribution in [2.24, 2.45) is 0 Å². The molecule has 0 bridgehead atoms. The van der Waals surface area contributed by atoms with E-state index in [0.717, 1.165) is 55.8 Å². The number of carbonyl (C=O) groups is 2. The van der Waals surface area contributed by atoms with Crippen molar-refractivity contribution >= 4 is 12.2 Å². The first-order valence-electron chi connectivity index (χ1n) is 19.5. The van der Waals surface area contributed by atoms with E-state index in [0.29, 0.717) is 64.0 Å². The highest BCUT2D eigenvalue weighted by atomic mass is 35.5. The van der Waals surface area contributed by atoms with Crippen molar-refractivity contribution in [1.82, 2.24) is 9.80 Å². The number of aliphatic hydroxyl groups excluding tert-OH is 1. The molecule has 0 aromatic heterocycles. The van der Waals surface area contributed by atoms with Gasteiger partial charge < -0.3 is 51.6 Å². The molecule has 58 heavy (non-hydrogen) atoms. The number of nitrogens with two attached hydrogens (primary N) is 1. The van der Waals surface area contributed by atoms with Crippen LogP contribution in [-0.2, 0) is 44.5 Å². The van der Waals surface area contributed by atoms with E-state index < -0.39 is 34.7 Å². The highest BCUT2D eigenvalue weighted by Gasteiger charge is 2.32. The normalized spacial score (nSPS) is 17.5. The maximum absolute atomic E-state index is 12.5. The molecular formula is C41H60ClF6N3O7. The van der Waals surface area contributed by atoms with Gasteiger partial charge in [-0.05, 0) is 103 Å². The van der Waals surface area contributed by atoms with Crippen molar-refractivity contribution in [2.75, 3.05) is 39.3 Å². The Hall–Kier alpha value is -3.31. The Kier molecular flexibility index (Phi) is 20.1. The fourth-order valence-corrected chi connectivity index (χ4v) is 5.98. The average molecular weight is 856 g/mol. The molecule has 3 N–H and O–H groups in total. The molecule has 3 heterocycles. The lowest BCUT2D eigenvalue weighted by Crippen LogP contribution is -3.00. The third kappa shape index (κ3) is 19.6. The van der Waals surface area contributed by atoms with Crippen LogP contribution >= 0.6 is 0 Å². The summed E-state index contributed by atoms with van der Waals surface area (Å²) in [6.07, 6.45) is -4.52. The maximum atomic E-state index is 12.5. The number of nitrogens with zero attached hydrogens (tertiary/aromatic N) is 2. The Labute approximate surface area is 344 Å². The smallest absolute Gasteiger partial charge is 0.416 e. The maximum Gasteiger partial charge on any atom is 0.416 e. The van der Waals surface area contributed by atoms with Gasteiger partial charge in [-0.2, -0.15) is 26.3 Å². The number of benzene rings is 2. The van der Waals surface area contributed by atoms with Gasteiger partial charge >= 0.3 is 24.5 Å². The van der Waals surface area contributed by atoms with Crippen LogP contribution in [0.5, 0.6) is 0 Å². The predicted molar refractivity (Wildman–Crippen MR) is 201 cm³/mol. The highest BCUT2D eigenvalue weighted by molar-refractivity contribution is 5.68. The summed E-state index contributed by atoms with van der Waals surface area (Å²) in [4.78, 5) is 26.8. The Balaban J connectivity index is 0.000000311. The third-order valence-electron chi connectivity index (χ3n) is 9.13. The number of aliphatic hydroxyl groups is 1. The second-order valence-corrected chi connectivity index (χ2v) is 16.4. The van der Waals surface area contributed by atoms with Crippen LogP contribution in [0.25, 0.3) is 0 Å². The lowest BCUT2D eigenvalue weighted by Gasteiger charge is -2.33. The third-order valence-corrected chi connectivity index (χ3v) is 9.13. The molecule has 0 saturated carbocycles. The zero-order valence-electron chi connectivity index (χ0n) is 34.3. The van der Waals surface area contributed by atoms with E-state index >= 15 is 0 Å². The number of carbonyl (C=O) groups excluding carboxylic acids is 2. The summed E-state index contributed by atoms with van der Waals surface area (Å²) in [5.41, 5.74) is -0.749. The van der Waals surface area contributed by atoms with Gasteiger partial charge in [0.05, 0.1) is 55.7 Å². The van der Waals surface area contributed by atoms with E-state index in [1.807, 2.05) is 41.5 Å². The van der Waals surface area contributed by atoms with Gasteiger partial charge in [0.15, 0.2) is 0 Å². The van der Waals surface area contributed by atoms with Crippen molar-refractivity contribution in [3.8, 4) is 0 Å². The summed E-state index contributed by atoms with van der Waals surface area (Å²) in [6.45, 7) is 16.1. The largest absolute Gasteiger partial charge is 1.00 e. The van der Waals surface area contributed by atoms with Crippen LogP contribution in [0.2, 0.25) is 0 Å². The van der Waals surface area contributed by atoms with Crippen LogP contribution in [0.4, 0.5) is 35.9 Å². The van der Waals surface area contributed by atoms with E-state index in [9.17, 15) is 41.0 Å². The molecule has 3 aliphatic heterocycles. The molecule has 3 saturated heterocycles. The van der Waals surface area contributed by atoms with Gasteiger partial charge in [0.2, 0.25) is 0 Å². The molecule has 0 spiro atoms. The number of ether oxygens (including phenoxy) is 4. The Morgan fingerprint density at radius 2 is 0.931 bits per heavy atom. The minimum atomic E-state index is -4.33. The van der Waals surface area contributed by atoms with Crippen LogP contribution < -0.4 is 17.7 Å². The molecule has 0 unspecified atom stereocenters. The summed E-state index contributed by atoms with van der Waals surface area (Å²) in [5, 5.41) is 11.5. The zero-order chi connectivity index (χ0) is 42.4. The summed E-state index contributed by atoms with van der Waals surface area (Å²) in [6, 6.07) is 10.2. The lowest BCUT2D eigenvalue weighted by atomic mass is 10.1. The van der Waals surface area contributed by atoms with Crippen LogP contribution in [0.3, 0.4) is 0 Å². The summed E-state index contributed by atoms with van der Waals surface area (Å²) in [7, 11) is 0. The van der Waals surface area contributed by atoms with Gasteiger partial charge in [0, 0.05) is 39.0 Å². The Morgan fingerprint density at radius 3 is 1.26 bits per heavy atom. The number of piperidine rings is 3. The van der Waals surface area contributed by atoms with Crippen LogP contribution in [0.1, 0.15) is 102 Å². The van der Waals surface area contributed by atoms with Crippen molar-refractivity contribution in [3.05, 3.63) is 70.8 Å². The number of hydrogen-bond acceptors (Lipinski definition) is 7. The van der Waals surface area contributed by atoms with Crippen molar-refractivity contribution in [1.29, 1.82) is 0 Å².